The second-order valence-electron chi connectivity index (χ2n) is 5.30. The predicted octanol–water partition coefficient (Wildman–Crippen LogP) is 2.49. The van der Waals surface area contributed by atoms with Crippen LogP contribution in [0.15, 0.2) is 24.3 Å². The van der Waals surface area contributed by atoms with Crippen LogP contribution in [0.5, 0.6) is 0 Å². The van der Waals surface area contributed by atoms with E-state index in [1.54, 1.807) is 0 Å². The summed E-state index contributed by atoms with van der Waals surface area (Å²) in [4.78, 5) is 14.0. The van der Waals surface area contributed by atoms with Crippen LogP contribution in [-0.2, 0) is 6.54 Å². The highest BCUT2D eigenvalue weighted by Crippen LogP contribution is 2.24. The van der Waals surface area contributed by atoms with Crippen LogP contribution in [0.4, 0.5) is 10.5 Å². The smallest absolute Gasteiger partial charge is 0.315 e. The van der Waals surface area contributed by atoms with Crippen molar-refractivity contribution >= 4 is 11.7 Å². The van der Waals surface area contributed by atoms with E-state index in [0.29, 0.717) is 6.54 Å². The molecule has 1 aliphatic rings. The van der Waals surface area contributed by atoms with Gasteiger partial charge in [0.2, 0.25) is 0 Å². The molecule has 0 saturated carbocycles. The molecule has 4 nitrogen and oxygen atoms in total. The third-order valence-electron chi connectivity index (χ3n) is 3.30. The normalized spacial score (nSPS) is 14.8. The fourth-order valence-corrected chi connectivity index (χ4v) is 2.42. The number of nitrogens with one attached hydrogen (secondary N) is 2. The van der Waals surface area contributed by atoms with Crippen molar-refractivity contribution in [3.8, 4) is 0 Å². The van der Waals surface area contributed by atoms with Gasteiger partial charge in [0, 0.05) is 31.4 Å². The van der Waals surface area contributed by atoms with E-state index in [4.69, 9.17) is 0 Å². The van der Waals surface area contributed by atoms with Crippen molar-refractivity contribution in [1.82, 2.24) is 10.6 Å². The molecule has 1 aliphatic heterocycles. The number of hydrogen-bond donors (Lipinski definition) is 2. The summed E-state index contributed by atoms with van der Waals surface area (Å²) in [5, 5.41) is 5.76. The summed E-state index contributed by atoms with van der Waals surface area (Å²) in [7, 11) is 0. The Morgan fingerprint density at radius 1 is 1.26 bits per heavy atom. The maximum absolute atomic E-state index is 11.6. The molecule has 0 radical (unpaired) electrons. The number of benzene rings is 1. The van der Waals surface area contributed by atoms with E-state index in [0.717, 1.165) is 13.1 Å². The second-order valence-corrected chi connectivity index (χ2v) is 5.30. The number of anilines is 1. The van der Waals surface area contributed by atoms with Gasteiger partial charge in [-0.3, -0.25) is 0 Å². The molecule has 0 aromatic heterocycles. The molecule has 2 N–H and O–H groups in total. The van der Waals surface area contributed by atoms with Crippen LogP contribution in [0.2, 0.25) is 0 Å². The molecule has 2 amide bonds. The Bertz CT molecular complexity index is 425. The minimum Gasteiger partial charge on any atom is -0.371 e. The first-order valence-electron chi connectivity index (χ1n) is 7.04. The molecule has 19 heavy (non-hydrogen) atoms. The third-order valence-corrected chi connectivity index (χ3v) is 3.30. The van der Waals surface area contributed by atoms with E-state index in [1.807, 2.05) is 19.9 Å². The third kappa shape index (κ3) is 3.88. The molecular formula is C15H23N3O. The highest BCUT2D eigenvalue weighted by molar-refractivity contribution is 5.74. The molecule has 1 fully saturated rings. The lowest BCUT2D eigenvalue weighted by Crippen LogP contribution is -2.39. The number of carbonyl (C=O) groups is 1. The largest absolute Gasteiger partial charge is 0.371 e. The number of nitrogens with zero attached hydrogens (tertiary/aromatic N) is 1. The lowest BCUT2D eigenvalue weighted by Gasteiger charge is -2.21. The summed E-state index contributed by atoms with van der Waals surface area (Å²) in [5.74, 6) is 0. The SMILES string of the molecule is CC(C)NC(=O)NCc1ccccc1N1CCCC1. The molecule has 2 rings (SSSR count). The van der Waals surface area contributed by atoms with Crippen molar-refractivity contribution in [2.75, 3.05) is 18.0 Å². The Kier molecular flexibility index (Phi) is 4.66. The van der Waals surface area contributed by atoms with E-state index >= 15 is 0 Å². The summed E-state index contributed by atoms with van der Waals surface area (Å²) in [6.45, 7) is 6.73. The number of carbonyl (C=O) groups excluding carboxylic acids is 1. The van der Waals surface area contributed by atoms with Crippen LogP contribution < -0.4 is 15.5 Å². The first-order valence-corrected chi connectivity index (χ1v) is 7.04. The number of hydrogen-bond acceptors (Lipinski definition) is 2. The molecule has 1 heterocycles. The molecular weight excluding hydrogens is 238 g/mol. The summed E-state index contributed by atoms with van der Waals surface area (Å²) in [6.07, 6.45) is 2.52. The van der Waals surface area contributed by atoms with Gasteiger partial charge in [0.05, 0.1) is 0 Å². The van der Waals surface area contributed by atoms with Crippen LogP contribution in [0.1, 0.15) is 32.3 Å². The van der Waals surface area contributed by atoms with Gasteiger partial charge < -0.3 is 15.5 Å². The Morgan fingerprint density at radius 3 is 2.63 bits per heavy atom. The standard InChI is InChI=1S/C15H23N3O/c1-12(2)17-15(19)16-11-13-7-3-4-8-14(13)18-9-5-6-10-18/h3-4,7-8,12H,5-6,9-11H2,1-2H3,(H2,16,17,19). The van der Waals surface area contributed by atoms with Gasteiger partial charge in [-0.2, -0.15) is 0 Å². The van der Waals surface area contributed by atoms with E-state index in [1.165, 1.54) is 24.1 Å². The molecule has 104 valence electrons. The van der Waals surface area contributed by atoms with Gasteiger partial charge in [-0.1, -0.05) is 18.2 Å². The Hall–Kier alpha value is -1.71. The molecule has 1 aromatic rings. The van der Waals surface area contributed by atoms with Crippen LogP contribution in [0, 0.1) is 0 Å². The highest BCUT2D eigenvalue weighted by Gasteiger charge is 2.15. The van der Waals surface area contributed by atoms with Gasteiger partial charge in [-0.15, -0.1) is 0 Å². The molecule has 0 spiro atoms. The van der Waals surface area contributed by atoms with Crippen LogP contribution in [0.3, 0.4) is 0 Å². The van der Waals surface area contributed by atoms with Crippen molar-refractivity contribution < 1.29 is 4.79 Å². The summed E-state index contributed by atoms with van der Waals surface area (Å²) in [5.41, 5.74) is 2.44. The highest BCUT2D eigenvalue weighted by atomic mass is 16.2. The first kappa shape index (κ1) is 13.7. The van der Waals surface area contributed by atoms with Crippen molar-refractivity contribution in [1.29, 1.82) is 0 Å². The summed E-state index contributed by atoms with van der Waals surface area (Å²) >= 11 is 0. The molecule has 0 atom stereocenters. The average Bonchev–Trinajstić information content (AvgIpc) is 2.89. The van der Waals surface area contributed by atoms with Crippen LogP contribution in [-0.4, -0.2) is 25.2 Å². The van der Waals surface area contributed by atoms with E-state index < -0.39 is 0 Å². The van der Waals surface area contributed by atoms with Gasteiger partial charge in [-0.05, 0) is 38.3 Å². The van der Waals surface area contributed by atoms with Gasteiger partial charge in [0.25, 0.3) is 0 Å². The molecule has 0 aliphatic carbocycles. The van der Waals surface area contributed by atoms with Gasteiger partial charge in [0.15, 0.2) is 0 Å². The molecule has 1 saturated heterocycles. The number of amides is 2. The Labute approximate surface area is 115 Å². The van der Waals surface area contributed by atoms with Crippen molar-refractivity contribution in [2.45, 2.75) is 39.3 Å². The lowest BCUT2D eigenvalue weighted by molar-refractivity contribution is 0.238. The maximum Gasteiger partial charge on any atom is 0.315 e. The fraction of sp³-hybridized carbons (Fsp3) is 0.533. The minimum atomic E-state index is -0.105. The monoisotopic (exact) mass is 261 g/mol. The van der Waals surface area contributed by atoms with Gasteiger partial charge in [-0.25, -0.2) is 4.79 Å². The Balaban J connectivity index is 1.97. The van der Waals surface area contributed by atoms with E-state index in [2.05, 4.69) is 33.7 Å². The second kappa shape index (κ2) is 6.45. The van der Waals surface area contributed by atoms with Crippen LogP contribution >= 0.6 is 0 Å². The average molecular weight is 261 g/mol. The van der Waals surface area contributed by atoms with Crippen molar-refractivity contribution in [3.63, 3.8) is 0 Å². The van der Waals surface area contributed by atoms with Gasteiger partial charge in [0.1, 0.15) is 0 Å². The number of rotatable bonds is 4. The van der Waals surface area contributed by atoms with Crippen molar-refractivity contribution in [3.05, 3.63) is 29.8 Å². The molecule has 4 heteroatoms. The first-order chi connectivity index (χ1) is 9.16. The zero-order chi connectivity index (χ0) is 13.7. The topological polar surface area (TPSA) is 44.4 Å². The van der Waals surface area contributed by atoms with E-state index in [-0.39, 0.29) is 12.1 Å². The quantitative estimate of drug-likeness (QED) is 0.874. The van der Waals surface area contributed by atoms with Gasteiger partial charge >= 0.3 is 6.03 Å². The molecule has 0 unspecified atom stereocenters. The zero-order valence-electron chi connectivity index (χ0n) is 11.8. The summed E-state index contributed by atoms with van der Waals surface area (Å²) in [6, 6.07) is 8.37. The zero-order valence-corrected chi connectivity index (χ0v) is 11.8. The summed E-state index contributed by atoms with van der Waals surface area (Å²) < 4.78 is 0. The number of urea groups is 1. The van der Waals surface area contributed by atoms with Crippen molar-refractivity contribution in [2.24, 2.45) is 0 Å². The molecule has 0 bridgehead atoms. The minimum absolute atomic E-state index is 0.105. The maximum atomic E-state index is 11.6. The Morgan fingerprint density at radius 2 is 1.95 bits per heavy atom. The van der Waals surface area contributed by atoms with E-state index in [9.17, 15) is 4.79 Å². The van der Waals surface area contributed by atoms with Crippen LogP contribution in [0.25, 0.3) is 0 Å². The predicted molar refractivity (Wildman–Crippen MR) is 78.4 cm³/mol. The molecule has 1 aromatic carbocycles. The fourth-order valence-electron chi connectivity index (χ4n) is 2.42. The number of para-hydroxylation sites is 1. The lowest BCUT2D eigenvalue weighted by atomic mass is 10.1.